The van der Waals surface area contributed by atoms with Crippen LogP contribution in [0.25, 0.3) is 72.8 Å². The molecular weight excluding hydrogens is 609 g/mol. The Morgan fingerprint density at radius 1 is 0.460 bits per heavy atom. The molecule has 0 radical (unpaired) electrons. The molecule has 0 spiro atoms. The predicted octanol–water partition coefficient (Wildman–Crippen LogP) is 11.1. The van der Waals surface area contributed by atoms with Crippen molar-refractivity contribution >= 4 is 21.8 Å². The van der Waals surface area contributed by atoms with Gasteiger partial charge in [-0.25, -0.2) is 4.98 Å². The largest absolute Gasteiger partial charge is 0.278 e. The molecule has 0 bridgehead atoms. The highest BCUT2D eigenvalue weighted by atomic mass is 15.2. The number of nitrogens with zero attached hydrogens (tertiary/aromatic N) is 4. The SMILES string of the molecule is [2H]c1c([2H])c([2H])c(-c2ccccc2-c2nc(-c3ccccc3)nc(-n3c4ccccc4c4cc5c(cc43)C(c3ccccc3)c3ccccc3-5)n2)c([2H])c1[2H]. The Balaban J connectivity index is 1.27. The first-order valence-corrected chi connectivity index (χ1v) is 16.6. The van der Waals surface area contributed by atoms with Gasteiger partial charge in [-0.1, -0.05) is 158 Å². The van der Waals surface area contributed by atoms with E-state index in [0.29, 0.717) is 28.7 Å². The molecule has 4 nitrogen and oxygen atoms in total. The third-order valence-electron chi connectivity index (χ3n) is 9.64. The van der Waals surface area contributed by atoms with E-state index >= 15 is 0 Å². The van der Waals surface area contributed by atoms with Gasteiger partial charge < -0.3 is 0 Å². The Kier molecular flexibility index (Phi) is 5.44. The second-order valence-electron chi connectivity index (χ2n) is 12.4. The first kappa shape index (κ1) is 23.6. The van der Waals surface area contributed by atoms with E-state index in [-0.39, 0.29) is 23.6 Å². The standard InChI is InChI=1S/C46H30N4/c1-4-16-30(17-5-1)33-22-10-13-26-37(33)45-47-44(32-20-8-3-9-21-32)48-46(49-45)50-41-27-15-14-24-35(41)39-28-38-34-23-11-12-25-36(34)43(40(38)29-42(39)50)31-18-6-2-7-19-31/h1-29,43H/i1D,4D,5D,16D,17D. The molecule has 9 aromatic rings. The topological polar surface area (TPSA) is 43.6 Å². The summed E-state index contributed by atoms with van der Waals surface area (Å²) in [7, 11) is 0. The molecule has 0 aliphatic heterocycles. The van der Waals surface area contributed by atoms with Crippen LogP contribution < -0.4 is 0 Å². The van der Waals surface area contributed by atoms with E-state index in [1.165, 1.54) is 27.8 Å². The van der Waals surface area contributed by atoms with Crippen molar-refractivity contribution in [1.29, 1.82) is 0 Å². The molecule has 10 rings (SSSR count). The summed E-state index contributed by atoms with van der Waals surface area (Å²) < 4.78 is 44.7. The maximum atomic E-state index is 8.80. The van der Waals surface area contributed by atoms with E-state index in [9.17, 15) is 0 Å². The van der Waals surface area contributed by atoms with Crippen LogP contribution in [0.4, 0.5) is 0 Å². The van der Waals surface area contributed by atoms with Crippen LogP contribution in [0.5, 0.6) is 0 Å². The Labute approximate surface area is 297 Å². The number of aromatic nitrogens is 4. The maximum absolute atomic E-state index is 8.80. The number of benzene rings is 7. The second kappa shape index (κ2) is 11.5. The molecule has 2 heterocycles. The van der Waals surface area contributed by atoms with Crippen LogP contribution in [0.1, 0.15) is 29.5 Å². The fourth-order valence-electron chi connectivity index (χ4n) is 7.47. The van der Waals surface area contributed by atoms with Crippen LogP contribution in [0.3, 0.4) is 0 Å². The average molecular weight is 644 g/mol. The van der Waals surface area contributed by atoms with Crippen LogP contribution in [0, 0.1) is 0 Å². The maximum Gasteiger partial charge on any atom is 0.238 e. The third kappa shape index (κ3) is 4.50. The van der Waals surface area contributed by atoms with Gasteiger partial charge in [0, 0.05) is 27.8 Å². The monoisotopic (exact) mass is 643 g/mol. The van der Waals surface area contributed by atoms with Crippen molar-refractivity contribution in [2.45, 2.75) is 5.92 Å². The summed E-state index contributed by atoms with van der Waals surface area (Å²) >= 11 is 0. The first-order chi connectivity index (χ1) is 26.9. The molecule has 0 saturated carbocycles. The fourth-order valence-corrected chi connectivity index (χ4v) is 7.47. The third-order valence-corrected chi connectivity index (χ3v) is 9.64. The molecule has 4 heteroatoms. The van der Waals surface area contributed by atoms with Gasteiger partial charge in [-0.2, -0.15) is 9.97 Å². The second-order valence-corrected chi connectivity index (χ2v) is 12.4. The summed E-state index contributed by atoms with van der Waals surface area (Å²) in [5, 5.41) is 2.13. The smallest absolute Gasteiger partial charge is 0.238 e. The molecule has 2 aromatic heterocycles. The Morgan fingerprint density at radius 2 is 1.12 bits per heavy atom. The molecule has 1 aliphatic rings. The molecule has 1 unspecified atom stereocenters. The molecular formula is C46H30N4. The molecule has 0 amide bonds. The molecule has 1 aliphatic carbocycles. The summed E-state index contributed by atoms with van der Waals surface area (Å²) in [6.07, 6.45) is 0. The van der Waals surface area contributed by atoms with Crippen LogP contribution in [-0.4, -0.2) is 19.5 Å². The Morgan fingerprint density at radius 3 is 1.94 bits per heavy atom. The van der Waals surface area contributed by atoms with Crippen LogP contribution in [-0.2, 0) is 0 Å². The van der Waals surface area contributed by atoms with E-state index in [1.54, 1.807) is 12.1 Å². The van der Waals surface area contributed by atoms with Gasteiger partial charge in [0.2, 0.25) is 5.95 Å². The zero-order chi connectivity index (χ0) is 37.4. The van der Waals surface area contributed by atoms with Crippen molar-refractivity contribution in [1.82, 2.24) is 19.5 Å². The number of hydrogen-bond donors (Lipinski definition) is 0. The highest BCUT2D eigenvalue weighted by Crippen LogP contribution is 2.50. The van der Waals surface area contributed by atoms with Crippen molar-refractivity contribution in [2.24, 2.45) is 0 Å². The van der Waals surface area contributed by atoms with E-state index in [1.807, 2.05) is 60.7 Å². The van der Waals surface area contributed by atoms with E-state index in [0.717, 1.165) is 27.4 Å². The van der Waals surface area contributed by atoms with Gasteiger partial charge in [-0.15, -0.1) is 0 Å². The predicted molar refractivity (Wildman–Crippen MR) is 203 cm³/mol. The molecule has 0 fully saturated rings. The molecule has 50 heavy (non-hydrogen) atoms. The zero-order valence-electron chi connectivity index (χ0n) is 31.7. The van der Waals surface area contributed by atoms with Crippen LogP contribution in [0.2, 0.25) is 0 Å². The molecule has 0 N–H and O–H groups in total. The van der Waals surface area contributed by atoms with Gasteiger partial charge in [-0.3, -0.25) is 4.57 Å². The molecule has 1 atom stereocenters. The van der Waals surface area contributed by atoms with Gasteiger partial charge in [0.1, 0.15) is 0 Å². The normalized spacial score (nSPS) is 14.8. The Bertz CT molecular complexity index is 2970. The zero-order valence-corrected chi connectivity index (χ0v) is 26.7. The summed E-state index contributed by atoms with van der Waals surface area (Å²) in [6, 6.07) is 47.2. The van der Waals surface area contributed by atoms with E-state index in [2.05, 4.69) is 77.4 Å². The number of hydrogen-bond acceptors (Lipinski definition) is 3. The van der Waals surface area contributed by atoms with Gasteiger partial charge in [0.25, 0.3) is 0 Å². The lowest BCUT2D eigenvalue weighted by molar-refractivity contribution is 0.951. The van der Waals surface area contributed by atoms with Gasteiger partial charge >= 0.3 is 0 Å². The molecule has 7 aromatic carbocycles. The minimum absolute atomic E-state index is 0.0426. The van der Waals surface area contributed by atoms with E-state index in [4.69, 9.17) is 21.8 Å². The minimum Gasteiger partial charge on any atom is -0.278 e. The average Bonchev–Trinajstić information content (AvgIpc) is 3.74. The van der Waals surface area contributed by atoms with Crippen LogP contribution >= 0.6 is 0 Å². The lowest BCUT2D eigenvalue weighted by atomic mass is 9.89. The highest BCUT2D eigenvalue weighted by molar-refractivity contribution is 6.11. The van der Waals surface area contributed by atoms with Crippen molar-refractivity contribution in [3.05, 3.63) is 192 Å². The first-order valence-electron chi connectivity index (χ1n) is 19.1. The van der Waals surface area contributed by atoms with Crippen molar-refractivity contribution in [3.63, 3.8) is 0 Å². The minimum atomic E-state index is -0.444. The van der Waals surface area contributed by atoms with Gasteiger partial charge in [-0.05, 0) is 57.1 Å². The van der Waals surface area contributed by atoms with Crippen LogP contribution in [0.15, 0.2) is 176 Å². The summed E-state index contributed by atoms with van der Waals surface area (Å²) in [5.74, 6) is 1.20. The number of fused-ring (bicyclic) bond motifs is 6. The highest BCUT2D eigenvalue weighted by Gasteiger charge is 2.31. The summed E-state index contributed by atoms with van der Waals surface area (Å²) in [5.41, 5.74) is 9.81. The fraction of sp³-hybridized carbons (Fsp3) is 0.0217. The van der Waals surface area contributed by atoms with Crippen molar-refractivity contribution < 1.29 is 6.85 Å². The van der Waals surface area contributed by atoms with Gasteiger partial charge in [0.15, 0.2) is 11.6 Å². The quantitative estimate of drug-likeness (QED) is 0.187. The van der Waals surface area contributed by atoms with Crippen molar-refractivity contribution in [3.8, 4) is 51.0 Å². The number of rotatable bonds is 5. The summed E-state index contributed by atoms with van der Waals surface area (Å²) in [6.45, 7) is 0. The number of para-hydroxylation sites is 1. The molecule has 0 saturated heterocycles. The van der Waals surface area contributed by atoms with Crippen molar-refractivity contribution in [2.75, 3.05) is 0 Å². The van der Waals surface area contributed by atoms with Gasteiger partial charge in [0.05, 0.1) is 17.9 Å². The Hall–Kier alpha value is -6.65. The lowest BCUT2D eigenvalue weighted by Crippen LogP contribution is -2.07. The summed E-state index contributed by atoms with van der Waals surface area (Å²) in [4.78, 5) is 15.3. The molecule has 234 valence electrons. The van der Waals surface area contributed by atoms with E-state index < -0.39 is 18.1 Å². The lowest BCUT2D eigenvalue weighted by Gasteiger charge is -2.15.